The van der Waals surface area contributed by atoms with Crippen molar-refractivity contribution in [3.05, 3.63) is 24.3 Å². The third-order valence-corrected chi connectivity index (χ3v) is 7.10. The predicted octanol–water partition coefficient (Wildman–Crippen LogP) is 3.13. The van der Waals surface area contributed by atoms with Gasteiger partial charge in [-0.2, -0.15) is 0 Å². The van der Waals surface area contributed by atoms with Gasteiger partial charge in [0.25, 0.3) is 0 Å². The molecule has 6 nitrogen and oxygen atoms in total. The molecule has 1 aliphatic carbocycles. The van der Waals surface area contributed by atoms with Crippen molar-refractivity contribution < 1.29 is 17.5 Å². The van der Waals surface area contributed by atoms with Crippen LogP contribution < -0.4 is 0 Å². The van der Waals surface area contributed by atoms with Crippen molar-refractivity contribution in [2.45, 2.75) is 60.1 Å². The molecule has 0 bridgehead atoms. The molecule has 2 unspecified atom stereocenters. The van der Waals surface area contributed by atoms with Gasteiger partial charge in [0.15, 0.2) is 0 Å². The molecule has 164 valence electrons. The molecule has 0 aliphatic heterocycles. The fourth-order valence-corrected chi connectivity index (χ4v) is 4.03. The average molecular weight is 416 g/mol. The zero-order valence-corrected chi connectivity index (χ0v) is 19.9. The topological polar surface area (TPSA) is 66.7 Å². The largest absolute Gasteiger partial charge is 0.747 e. The van der Waals surface area contributed by atoms with Crippen molar-refractivity contribution in [1.29, 1.82) is 0 Å². The van der Waals surface area contributed by atoms with Crippen LogP contribution in [-0.2, 0) is 10.1 Å². The second-order valence-corrected chi connectivity index (χ2v) is 8.78. The van der Waals surface area contributed by atoms with Crippen LogP contribution >= 0.6 is 0 Å². The van der Waals surface area contributed by atoms with E-state index in [1.54, 1.807) is 25.2 Å². The summed E-state index contributed by atoms with van der Waals surface area (Å²) in [6, 6.07) is 0. The lowest BCUT2D eigenvalue weighted by atomic mass is 9.91. The van der Waals surface area contributed by atoms with E-state index in [2.05, 4.69) is 55.9 Å². The molecule has 0 saturated carbocycles. The molecule has 0 spiro atoms. The molecule has 0 radical (unpaired) electrons. The summed E-state index contributed by atoms with van der Waals surface area (Å²) in [5.41, 5.74) is 0. The van der Waals surface area contributed by atoms with Gasteiger partial charge in [-0.15, -0.1) is 0 Å². The normalized spacial score (nSPS) is 21.0. The highest BCUT2D eigenvalue weighted by atomic mass is 32.2. The van der Waals surface area contributed by atoms with Crippen molar-refractivity contribution in [1.82, 2.24) is 9.80 Å². The van der Waals surface area contributed by atoms with Crippen LogP contribution in [0.1, 0.15) is 55.4 Å². The number of hydrogen-bond acceptors (Lipinski definition) is 3. The van der Waals surface area contributed by atoms with Gasteiger partial charge < -0.3 is 4.55 Å². The molecule has 28 heavy (non-hydrogen) atoms. The maximum atomic E-state index is 10.9. The van der Waals surface area contributed by atoms with E-state index in [9.17, 15) is 13.0 Å². The van der Waals surface area contributed by atoms with E-state index in [4.69, 9.17) is 0 Å². The lowest BCUT2D eigenvalue weighted by Gasteiger charge is -2.35. The maximum absolute atomic E-state index is 10.9. The van der Waals surface area contributed by atoms with E-state index < -0.39 is 14.9 Å². The standard InChI is InChI=1S/C13H30N3.C8H12O3S/c1-7-14(8-2)13(15(9-3)10-4)16(11-5)12-6;1-7-5-3-4-6-8(7,2)12(9,10)11/h7-12H2,1-6H3;3-7H,1-2H3,(H,9,10,11)/q+1;/p-1. The van der Waals surface area contributed by atoms with Crippen LogP contribution in [0.25, 0.3) is 0 Å². The molecule has 0 amide bonds. The molecule has 0 N–H and O–H groups in total. The summed E-state index contributed by atoms with van der Waals surface area (Å²) in [6.45, 7) is 23.1. The van der Waals surface area contributed by atoms with Crippen LogP contribution in [0.5, 0.6) is 0 Å². The zero-order valence-electron chi connectivity index (χ0n) is 19.1. The number of guanidine groups is 1. The van der Waals surface area contributed by atoms with Crippen LogP contribution in [0, 0.1) is 5.92 Å². The third kappa shape index (κ3) is 6.62. The van der Waals surface area contributed by atoms with E-state index in [-0.39, 0.29) is 5.92 Å². The van der Waals surface area contributed by atoms with E-state index >= 15 is 0 Å². The maximum Gasteiger partial charge on any atom is 0.350 e. The lowest BCUT2D eigenvalue weighted by Crippen LogP contribution is -2.49. The van der Waals surface area contributed by atoms with Gasteiger partial charge in [-0.1, -0.05) is 31.2 Å². The number of hydrogen-bond donors (Lipinski definition) is 0. The second-order valence-electron chi connectivity index (χ2n) is 6.99. The van der Waals surface area contributed by atoms with Gasteiger partial charge in [-0.25, -0.2) is 8.42 Å². The van der Waals surface area contributed by atoms with Gasteiger partial charge >= 0.3 is 5.96 Å². The van der Waals surface area contributed by atoms with Gasteiger partial charge in [0, 0.05) is 0 Å². The average Bonchev–Trinajstić information content (AvgIpc) is 2.66. The lowest BCUT2D eigenvalue weighted by molar-refractivity contribution is -0.531. The van der Waals surface area contributed by atoms with Gasteiger partial charge in [0.1, 0.15) is 10.1 Å². The molecule has 2 atom stereocenters. The highest BCUT2D eigenvalue weighted by molar-refractivity contribution is 7.87. The molecule has 1 aliphatic rings. The highest BCUT2D eigenvalue weighted by Gasteiger charge is 2.35. The summed E-state index contributed by atoms with van der Waals surface area (Å²) >= 11 is 0. The Morgan fingerprint density at radius 3 is 1.64 bits per heavy atom. The molecule has 1 rings (SSSR count). The monoisotopic (exact) mass is 415 g/mol. The Hall–Kier alpha value is -1.34. The van der Waals surface area contributed by atoms with Crippen LogP contribution in [0.15, 0.2) is 24.3 Å². The smallest absolute Gasteiger partial charge is 0.350 e. The molecular formula is C21H41N3O3S. The fourth-order valence-electron chi connectivity index (χ4n) is 3.25. The summed E-state index contributed by atoms with van der Waals surface area (Å²) in [6.07, 6.45) is 6.50. The Morgan fingerprint density at radius 2 is 1.39 bits per heavy atom. The minimum Gasteiger partial charge on any atom is -0.747 e. The Balaban J connectivity index is 0.000000540. The summed E-state index contributed by atoms with van der Waals surface area (Å²) in [7, 11) is -4.26. The van der Waals surface area contributed by atoms with Gasteiger partial charge in [0.2, 0.25) is 0 Å². The summed E-state index contributed by atoms with van der Waals surface area (Å²) < 4.78 is 33.8. The van der Waals surface area contributed by atoms with Crippen molar-refractivity contribution in [3.8, 4) is 0 Å². The highest BCUT2D eigenvalue weighted by Crippen LogP contribution is 2.30. The van der Waals surface area contributed by atoms with Crippen LogP contribution in [-0.4, -0.2) is 77.3 Å². The van der Waals surface area contributed by atoms with E-state index in [0.717, 1.165) is 39.3 Å². The Kier molecular flexibility index (Phi) is 11.7. The first-order valence-electron chi connectivity index (χ1n) is 10.5. The van der Waals surface area contributed by atoms with Gasteiger partial charge in [-0.3, -0.25) is 14.4 Å². The fraction of sp³-hybridized carbons (Fsp3) is 0.762. The molecular weight excluding hydrogens is 374 g/mol. The molecule has 0 aromatic rings. The first kappa shape index (κ1) is 26.7. The molecule has 7 heteroatoms. The number of nitrogens with zero attached hydrogens (tertiary/aromatic N) is 3. The molecule has 0 aromatic carbocycles. The van der Waals surface area contributed by atoms with Crippen LogP contribution in [0.2, 0.25) is 0 Å². The first-order valence-corrected chi connectivity index (χ1v) is 11.9. The van der Waals surface area contributed by atoms with Crippen molar-refractivity contribution in [2.24, 2.45) is 5.92 Å². The van der Waals surface area contributed by atoms with Gasteiger partial charge in [-0.05, 0) is 54.4 Å². The predicted molar refractivity (Wildman–Crippen MR) is 118 cm³/mol. The van der Waals surface area contributed by atoms with E-state index in [1.165, 1.54) is 19.0 Å². The SMILES string of the molecule is CC1C=CC=CC1(C)S(=O)(=O)[O-].CCN(CC)C(N(CC)CC)=[N+](CC)CC. The molecule has 0 aromatic heterocycles. The summed E-state index contributed by atoms with van der Waals surface area (Å²) in [4.78, 5) is 4.92. The molecule has 0 saturated heterocycles. The third-order valence-electron chi connectivity index (χ3n) is 5.52. The van der Waals surface area contributed by atoms with E-state index in [0.29, 0.717) is 0 Å². The van der Waals surface area contributed by atoms with Gasteiger partial charge in [0.05, 0.1) is 44.0 Å². The second kappa shape index (κ2) is 12.3. The van der Waals surface area contributed by atoms with Crippen molar-refractivity contribution in [2.75, 3.05) is 39.3 Å². The molecule has 0 heterocycles. The quantitative estimate of drug-likeness (QED) is 0.277. The van der Waals surface area contributed by atoms with Crippen molar-refractivity contribution in [3.63, 3.8) is 0 Å². The van der Waals surface area contributed by atoms with E-state index in [1.807, 2.05) is 0 Å². The minimum absolute atomic E-state index is 0.259. The summed E-state index contributed by atoms with van der Waals surface area (Å²) in [5.74, 6) is 1.14. The molecule has 0 fully saturated rings. The Labute approximate surface area is 173 Å². The number of allylic oxidation sites excluding steroid dienone is 3. The van der Waals surface area contributed by atoms with Crippen molar-refractivity contribution >= 4 is 16.1 Å². The Bertz CT molecular complexity index is 628. The zero-order chi connectivity index (χ0) is 22.0. The Morgan fingerprint density at radius 1 is 0.964 bits per heavy atom. The summed E-state index contributed by atoms with van der Waals surface area (Å²) in [5, 5.41) is 0. The van der Waals surface area contributed by atoms with Crippen LogP contribution in [0.4, 0.5) is 0 Å². The van der Waals surface area contributed by atoms with Crippen LogP contribution in [0.3, 0.4) is 0 Å². The first-order chi connectivity index (χ1) is 13.1. The number of rotatable bonds is 7. The minimum atomic E-state index is -4.26.